The van der Waals surface area contributed by atoms with Crippen LogP contribution in [0.3, 0.4) is 0 Å². The molecular weight excluding hydrogens is 400 g/mol. The molecule has 3 aromatic rings. The number of aromatic nitrogens is 2. The highest BCUT2D eigenvalue weighted by Gasteiger charge is 2.23. The second kappa shape index (κ2) is 7.84. The number of H-pyrrole nitrogens is 1. The van der Waals surface area contributed by atoms with Crippen molar-refractivity contribution < 1.29 is 16.8 Å². The number of hydrogen-bond acceptors (Lipinski definition) is 5. The van der Waals surface area contributed by atoms with Gasteiger partial charge in [-0.2, -0.15) is 0 Å². The summed E-state index contributed by atoms with van der Waals surface area (Å²) in [4.78, 5) is 6.98. The lowest BCUT2D eigenvalue weighted by molar-refractivity contribution is 0.539. The monoisotopic (exact) mass is 420 g/mol. The number of sulfonamides is 2. The van der Waals surface area contributed by atoms with Crippen molar-refractivity contribution in [3.63, 3.8) is 0 Å². The van der Waals surface area contributed by atoms with Crippen LogP contribution >= 0.6 is 0 Å². The molecule has 0 spiro atoms. The second-order valence-corrected chi connectivity index (χ2v) is 9.43. The van der Waals surface area contributed by atoms with Crippen LogP contribution < -0.4 is 9.86 Å². The minimum Gasteiger partial charge on any atom is -0.341 e. The Morgan fingerprint density at radius 1 is 1.04 bits per heavy atom. The van der Waals surface area contributed by atoms with Gasteiger partial charge in [0.15, 0.2) is 0 Å². The van der Waals surface area contributed by atoms with Crippen LogP contribution in [0.25, 0.3) is 11.3 Å². The van der Waals surface area contributed by atoms with E-state index in [1.165, 1.54) is 18.2 Å². The fraction of sp³-hybridized carbons (Fsp3) is 0.167. The maximum absolute atomic E-state index is 12.7. The summed E-state index contributed by atoms with van der Waals surface area (Å²) in [6, 6.07) is 13.8. The molecule has 1 unspecified atom stereocenters. The summed E-state index contributed by atoms with van der Waals surface area (Å²) in [7, 11) is -8.00. The van der Waals surface area contributed by atoms with Gasteiger partial charge in [0, 0.05) is 0 Å². The van der Waals surface area contributed by atoms with Gasteiger partial charge in [0.1, 0.15) is 5.82 Å². The minimum absolute atomic E-state index is 0.188. The van der Waals surface area contributed by atoms with E-state index < -0.39 is 26.1 Å². The van der Waals surface area contributed by atoms with Gasteiger partial charge in [-0.15, -0.1) is 0 Å². The third kappa shape index (κ3) is 4.47. The highest BCUT2D eigenvalue weighted by atomic mass is 32.2. The van der Waals surface area contributed by atoms with E-state index in [0.29, 0.717) is 12.2 Å². The number of nitrogens with one attached hydrogen (secondary N) is 2. The van der Waals surface area contributed by atoms with E-state index in [0.717, 1.165) is 17.3 Å². The van der Waals surface area contributed by atoms with Crippen molar-refractivity contribution >= 4 is 20.0 Å². The lowest BCUT2D eigenvalue weighted by Crippen LogP contribution is -2.29. The average Bonchev–Trinajstić information content (AvgIpc) is 3.16. The molecule has 0 saturated carbocycles. The molecule has 1 aromatic heterocycles. The van der Waals surface area contributed by atoms with Crippen molar-refractivity contribution in [2.24, 2.45) is 5.14 Å². The number of rotatable bonds is 7. The van der Waals surface area contributed by atoms with Gasteiger partial charge < -0.3 is 4.98 Å². The Labute approximate surface area is 163 Å². The van der Waals surface area contributed by atoms with Gasteiger partial charge in [0.25, 0.3) is 0 Å². The number of imidazole rings is 1. The molecule has 1 atom stereocenters. The summed E-state index contributed by atoms with van der Waals surface area (Å²) in [5, 5.41) is 5.09. The fourth-order valence-corrected chi connectivity index (χ4v) is 4.65. The van der Waals surface area contributed by atoms with Gasteiger partial charge in [0.05, 0.1) is 27.7 Å². The summed E-state index contributed by atoms with van der Waals surface area (Å²) in [6.45, 7) is 1.82. The van der Waals surface area contributed by atoms with Crippen molar-refractivity contribution in [1.82, 2.24) is 14.7 Å². The molecule has 0 fully saturated rings. The van der Waals surface area contributed by atoms with Crippen LogP contribution in [0.4, 0.5) is 0 Å². The Morgan fingerprint density at radius 2 is 1.71 bits per heavy atom. The van der Waals surface area contributed by atoms with Gasteiger partial charge in [-0.3, -0.25) is 0 Å². The van der Waals surface area contributed by atoms with Crippen LogP contribution in [0.5, 0.6) is 0 Å². The first-order valence-electron chi connectivity index (χ1n) is 8.46. The highest BCUT2D eigenvalue weighted by molar-refractivity contribution is 7.90. The Balaban J connectivity index is 1.88. The van der Waals surface area contributed by atoms with Crippen LogP contribution in [-0.2, 0) is 20.0 Å². The first-order chi connectivity index (χ1) is 13.2. The van der Waals surface area contributed by atoms with Crippen molar-refractivity contribution in [1.29, 1.82) is 0 Å². The van der Waals surface area contributed by atoms with Crippen LogP contribution in [0, 0.1) is 0 Å². The molecule has 1 heterocycles. The van der Waals surface area contributed by atoms with Crippen LogP contribution in [-0.4, -0.2) is 26.8 Å². The maximum Gasteiger partial charge on any atom is 0.241 e. The normalized spacial score (nSPS) is 13.4. The molecule has 8 nitrogen and oxygen atoms in total. The summed E-state index contributed by atoms with van der Waals surface area (Å²) in [5.74, 6) is 0.465. The van der Waals surface area contributed by atoms with E-state index in [1.807, 2.05) is 37.3 Å². The minimum atomic E-state index is -4.01. The van der Waals surface area contributed by atoms with Gasteiger partial charge in [0.2, 0.25) is 20.0 Å². The van der Waals surface area contributed by atoms with Crippen molar-refractivity contribution in [2.45, 2.75) is 29.2 Å². The van der Waals surface area contributed by atoms with E-state index in [2.05, 4.69) is 14.7 Å². The Hall–Kier alpha value is -2.53. The molecule has 0 saturated heterocycles. The Bertz CT molecular complexity index is 1170. The zero-order chi connectivity index (χ0) is 20.4. The third-order valence-electron chi connectivity index (χ3n) is 4.16. The molecule has 0 aliphatic carbocycles. The summed E-state index contributed by atoms with van der Waals surface area (Å²) in [5.41, 5.74) is 1.70. The van der Waals surface area contributed by atoms with E-state index >= 15 is 0 Å². The molecule has 4 N–H and O–H groups in total. The lowest BCUT2D eigenvalue weighted by Gasteiger charge is -2.15. The standard InChI is InChI=1S/C18H20N4O4S2/c1-2-16(18-20-12-17(21-18)13-7-4-3-5-8-13)22-28(25,26)15-10-6-9-14(11-15)27(19,23)24/h3-12,16,22H,2H2,1H3,(H,20,21)(H2,19,23,24). The Morgan fingerprint density at radius 3 is 2.36 bits per heavy atom. The zero-order valence-electron chi connectivity index (χ0n) is 15.0. The van der Waals surface area contributed by atoms with Crippen LogP contribution in [0.1, 0.15) is 25.2 Å². The highest BCUT2D eigenvalue weighted by Crippen LogP contribution is 2.23. The first kappa shape index (κ1) is 20.2. The number of hydrogen-bond donors (Lipinski definition) is 3. The van der Waals surface area contributed by atoms with Gasteiger partial charge in [-0.05, 0) is 30.2 Å². The Kier molecular flexibility index (Phi) is 5.66. The number of aromatic amines is 1. The van der Waals surface area contributed by atoms with Gasteiger partial charge in [-0.25, -0.2) is 31.7 Å². The fourth-order valence-electron chi connectivity index (χ4n) is 2.68. The predicted molar refractivity (Wildman–Crippen MR) is 105 cm³/mol. The number of primary sulfonamides is 1. The van der Waals surface area contributed by atoms with E-state index in [4.69, 9.17) is 5.14 Å². The maximum atomic E-state index is 12.7. The van der Waals surface area contributed by atoms with Gasteiger partial charge >= 0.3 is 0 Å². The molecule has 0 radical (unpaired) electrons. The molecule has 148 valence electrons. The van der Waals surface area contributed by atoms with Crippen molar-refractivity contribution in [3.05, 3.63) is 66.6 Å². The van der Waals surface area contributed by atoms with Gasteiger partial charge in [-0.1, -0.05) is 43.3 Å². The first-order valence-corrected chi connectivity index (χ1v) is 11.5. The third-order valence-corrected chi connectivity index (χ3v) is 6.54. The number of nitrogens with two attached hydrogens (primary N) is 1. The molecule has 3 rings (SSSR count). The quantitative estimate of drug-likeness (QED) is 0.538. The summed E-state index contributed by atoms with van der Waals surface area (Å²) in [6.07, 6.45) is 2.08. The topological polar surface area (TPSA) is 135 Å². The largest absolute Gasteiger partial charge is 0.341 e. The molecule has 0 aliphatic heterocycles. The molecule has 0 amide bonds. The van der Waals surface area contributed by atoms with E-state index in [-0.39, 0.29) is 9.79 Å². The molecular formula is C18H20N4O4S2. The second-order valence-electron chi connectivity index (χ2n) is 6.15. The smallest absolute Gasteiger partial charge is 0.241 e. The van der Waals surface area contributed by atoms with Crippen molar-refractivity contribution in [3.8, 4) is 11.3 Å². The molecule has 0 aliphatic rings. The zero-order valence-corrected chi connectivity index (χ0v) is 16.7. The number of nitrogens with zero attached hydrogens (tertiary/aromatic N) is 1. The molecule has 10 heteroatoms. The average molecular weight is 421 g/mol. The summed E-state index contributed by atoms with van der Waals surface area (Å²) < 4.78 is 51.0. The van der Waals surface area contributed by atoms with E-state index in [9.17, 15) is 16.8 Å². The number of benzene rings is 2. The van der Waals surface area contributed by atoms with Crippen molar-refractivity contribution in [2.75, 3.05) is 0 Å². The van der Waals surface area contributed by atoms with E-state index in [1.54, 1.807) is 6.20 Å². The van der Waals surface area contributed by atoms with Crippen LogP contribution in [0.2, 0.25) is 0 Å². The summed E-state index contributed by atoms with van der Waals surface area (Å²) >= 11 is 0. The molecule has 28 heavy (non-hydrogen) atoms. The SMILES string of the molecule is CCC(NS(=O)(=O)c1cccc(S(N)(=O)=O)c1)c1ncc(-c2ccccc2)[nH]1. The predicted octanol–water partition coefficient (Wildman–Crippen LogP) is 2.15. The molecule has 0 bridgehead atoms. The lowest BCUT2D eigenvalue weighted by atomic mass is 10.2. The molecule has 2 aromatic carbocycles. The van der Waals surface area contributed by atoms with Crippen LogP contribution in [0.15, 0.2) is 70.6 Å².